The van der Waals surface area contributed by atoms with E-state index in [1.807, 2.05) is 0 Å². The number of hydrogen-bond donors (Lipinski definition) is 0. The van der Waals surface area contributed by atoms with E-state index >= 15 is 0 Å². The minimum Gasteiger partial charge on any atom is -0.0925 e. The highest BCUT2D eigenvalue weighted by molar-refractivity contribution is 9.09. The standard InChI is InChI=1S/C7H15Br/c1-3-5-7(4-2)6-8/h7H,3-6H2,1-2H3/t7-/m0/s1. The van der Waals surface area contributed by atoms with Crippen molar-refractivity contribution in [3.63, 3.8) is 0 Å². The van der Waals surface area contributed by atoms with Gasteiger partial charge >= 0.3 is 0 Å². The van der Waals surface area contributed by atoms with E-state index in [0.29, 0.717) is 0 Å². The van der Waals surface area contributed by atoms with Crippen molar-refractivity contribution in [1.82, 2.24) is 0 Å². The molecule has 0 aliphatic heterocycles. The molecular formula is C7H15Br. The molecule has 0 aromatic rings. The summed E-state index contributed by atoms with van der Waals surface area (Å²) in [6.45, 7) is 4.49. The van der Waals surface area contributed by atoms with E-state index < -0.39 is 0 Å². The Hall–Kier alpha value is 0.480. The molecule has 50 valence electrons. The zero-order chi connectivity index (χ0) is 6.41. The van der Waals surface area contributed by atoms with Crippen molar-refractivity contribution >= 4 is 15.9 Å². The first-order chi connectivity index (χ1) is 3.85. The molecule has 8 heavy (non-hydrogen) atoms. The largest absolute Gasteiger partial charge is 0.0925 e. The van der Waals surface area contributed by atoms with E-state index in [1.54, 1.807) is 0 Å². The first-order valence-corrected chi connectivity index (χ1v) is 4.53. The van der Waals surface area contributed by atoms with Crippen LogP contribution in [-0.4, -0.2) is 5.33 Å². The topological polar surface area (TPSA) is 0 Å². The van der Waals surface area contributed by atoms with Crippen molar-refractivity contribution in [3.8, 4) is 0 Å². The molecule has 0 aliphatic rings. The highest BCUT2D eigenvalue weighted by Crippen LogP contribution is 2.12. The monoisotopic (exact) mass is 178 g/mol. The fraction of sp³-hybridized carbons (Fsp3) is 1.00. The summed E-state index contributed by atoms with van der Waals surface area (Å²) in [6.07, 6.45) is 4.02. The van der Waals surface area contributed by atoms with Crippen molar-refractivity contribution < 1.29 is 0 Å². The molecule has 0 saturated carbocycles. The van der Waals surface area contributed by atoms with Crippen molar-refractivity contribution in [2.24, 2.45) is 5.92 Å². The van der Waals surface area contributed by atoms with Gasteiger partial charge in [0.25, 0.3) is 0 Å². The van der Waals surface area contributed by atoms with E-state index in [-0.39, 0.29) is 0 Å². The first-order valence-electron chi connectivity index (χ1n) is 3.41. The van der Waals surface area contributed by atoms with Crippen LogP contribution in [0, 0.1) is 5.92 Å². The maximum atomic E-state index is 3.48. The lowest BCUT2D eigenvalue weighted by Gasteiger charge is -2.07. The van der Waals surface area contributed by atoms with Crippen LogP contribution in [0.4, 0.5) is 0 Å². The van der Waals surface area contributed by atoms with Gasteiger partial charge in [0.05, 0.1) is 0 Å². The molecule has 0 heterocycles. The third-order valence-corrected chi connectivity index (χ3v) is 2.41. The van der Waals surface area contributed by atoms with E-state index in [2.05, 4.69) is 29.8 Å². The predicted molar refractivity (Wildman–Crippen MR) is 42.5 cm³/mol. The Morgan fingerprint density at radius 1 is 1.38 bits per heavy atom. The van der Waals surface area contributed by atoms with Gasteiger partial charge in [0.2, 0.25) is 0 Å². The zero-order valence-corrected chi connectivity index (χ0v) is 7.37. The Morgan fingerprint density at radius 3 is 2.12 bits per heavy atom. The first kappa shape index (κ1) is 8.48. The molecule has 0 fully saturated rings. The van der Waals surface area contributed by atoms with Crippen molar-refractivity contribution in [3.05, 3.63) is 0 Å². The fourth-order valence-electron chi connectivity index (χ4n) is 0.799. The summed E-state index contributed by atoms with van der Waals surface area (Å²) in [6, 6.07) is 0. The van der Waals surface area contributed by atoms with E-state index in [0.717, 1.165) is 5.92 Å². The van der Waals surface area contributed by atoms with Crippen LogP contribution in [0.3, 0.4) is 0 Å². The fourth-order valence-corrected chi connectivity index (χ4v) is 1.58. The van der Waals surface area contributed by atoms with Gasteiger partial charge < -0.3 is 0 Å². The minimum absolute atomic E-state index is 0.917. The van der Waals surface area contributed by atoms with Gasteiger partial charge in [-0.2, -0.15) is 0 Å². The highest BCUT2D eigenvalue weighted by atomic mass is 79.9. The van der Waals surface area contributed by atoms with Crippen LogP contribution >= 0.6 is 15.9 Å². The molecular weight excluding hydrogens is 164 g/mol. The Balaban J connectivity index is 3.07. The molecule has 0 nitrogen and oxygen atoms in total. The molecule has 0 amide bonds. The third-order valence-electron chi connectivity index (χ3n) is 1.49. The van der Waals surface area contributed by atoms with Crippen LogP contribution in [0.2, 0.25) is 0 Å². The Labute approximate surface area is 60.8 Å². The summed E-state index contributed by atoms with van der Waals surface area (Å²) in [5, 5.41) is 1.18. The lowest BCUT2D eigenvalue weighted by atomic mass is 10.0. The van der Waals surface area contributed by atoms with Crippen LogP contribution in [0.1, 0.15) is 33.1 Å². The summed E-state index contributed by atoms with van der Waals surface area (Å²) >= 11 is 3.48. The summed E-state index contributed by atoms with van der Waals surface area (Å²) in [5.41, 5.74) is 0. The Kier molecular flexibility index (Phi) is 5.95. The molecule has 0 aromatic heterocycles. The number of rotatable bonds is 4. The van der Waals surface area contributed by atoms with Crippen molar-refractivity contribution in [1.29, 1.82) is 0 Å². The smallest absolute Gasteiger partial charge is 0.00595 e. The van der Waals surface area contributed by atoms with Gasteiger partial charge in [-0.15, -0.1) is 0 Å². The lowest BCUT2D eigenvalue weighted by molar-refractivity contribution is 0.520. The molecule has 0 saturated heterocycles. The van der Waals surface area contributed by atoms with Crippen LogP contribution in [0.25, 0.3) is 0 Å². The molecule has 1 atom stereocenters. The van der Waals surface area contributed by atoms with Gasteiger partial charge in [0.15, 0.2) is 0 Å². The van der Waals surface area contributed by atoms with Gasteiger partial charge in [-0.25, -0.2) is 0 Å². The average Bonchev–Trinajstić information content (AvgIpc) is 1.83. The van der Waals surface area contributed by atoms with E-state index in [9.17, 15) is 0 Å². The minimum atomic E-state index is 0.917. The number of halogens is 1. The molecule has 0 radical (unpaired) electrons. The second kappa shape index (κ2) is 5.61. The maximum Gasteiger partial charge on any atom is 0.00595 e. The van der Waals surface area contributed by atoms with Crippen LogP contribution < -0.4 is 0 Å². The number of hydrogen-bond acceptors (Lipinski definition) is 0. The summed E-state index contributed by atoms with van der Waals surface area (Å²) in [5.74, 6) is 0.917. The highest BCUT2D eigenvalue weighted by Gasteiger charge is 1.99. The van der Waals surface area contributed by atoms with Crippen LogP contribution in [-0.2, 0) is 0 Å². The SMILES string of the molecule is CCC[C@H](CC)CBr. The normalized spacial score (nSPS) is 13.9. The van der Waals surface area contributed by atoms with Gasteiger partial charge in [0.1, 0.15) is 0 Å². The van der Waals surface area contributed by atoms with Crippen molar-refractivity contribution in [2.75, 3.05) is 5.33 Å². The molecule has 0 unspecified atom stereocenters. The molecule has 0 bridgehead atoms. The molecule has 0 aliphatic carbocycles. The number of alkyl halides is 1. The Bertz CT molecular complexity index is 39.7. The lowest BCUT2D eigenvalue weighted by Crippen LogP contribution is -1.97. The van der Waals surface area contributed by atoms with Gasteiger partial charge in [-0.1, -0.05) is 42.6 Å². The summed E-state index contributed by atoms with van der Waals surface area (Å²) in [4.78, 5) is 0. The molecule has 0 spiro atoms. The maximum absolute atomic E-state index is 3.48. The van der Waals surface area contributed by atoms with Crippen LogP contribution in [0.15, 0.2) is 0 Å². The van der Waals surface area contributed by atoms with Gasteiger partial charge in [0, 0.05) is 5.33 Å². The van der Waals surface area contributed by atoms with E-state index in [4.69, 9.17) is 0 Å². The second-order valence-corrected chi connectivity index (χ2v) is 2.86. The van der Waals surface area contributed by atoms with Gasteiger partial charge in [-0.05, 0) is 12.3 Å². The average molecular weight is 179 g/mol. The zero-order valence-electron chi connectivity index (χ0n) is 5.78. The molecule has 0 aromatic carbocycles. The van der Waals surface area contributed by atoms with Crippen molar-refractivity contribution in [2.45, 2.75) is 33.1 Å². The van der Waals surface area contributed by atoms with Crippen LogP contribution in [0.5, 0.6) is 0 Å². The quantitative estimate of drug-likeness (QED) is 0.581. The molecule has 0 N–H and O–H groups in total. The summed E-state index contributed by atoms with van der Waals surface area (Å²) < 4.78 is 0. The van der Waals surface area contributed by atoms with Gasteiger partial charge in [-0.3, -0.25) is 0 Å². The molecule has 1 heteroatoms. The van der Waals surface area contributed by atoms with E-state index in [1.165, 1.54) is 24.6 Å². The third kappa shape index (κ3) is 3.48. The second-order valence-electron chi connectivity index (χ2n) is 2.22. The summed E-state index contributed by atoms with van der Waals surface area (Å²) in [7, 11) is 0. The molecule has 0 rings (SSSR count). The Morgan fingerprint density at radius 2 is 2.00 bits per heavy atom. The predicted octanol–water partition coefficient (Wildman–Crippen LogP) is 3.21.